The summed E-state index contributed by atoms with van der Waals surface area (Å²) in [5, 5.41) is 3.38. The third-order valence-corrected chi connectivity index (χ3v) is 4.40. The molecule has 1 unspecified atom stereocenters. The van der Waals surface area contributed by atoms with Crippen LogP contribution in [-0.4, -0.2) is 13.3 Å². The van der Waals surface area contributed by atoms with Gasteiger partial charge < -0.3 is 5.32 Å². The first-order chi connectivity index (χ1) is 9.65. The molecule has 0 saturated carbocycles. The quantitative estimate of drug-likeness (QED) is 0.821. The van der Waals surface area contributed by atoms with Crippen LogP contribution in [0.5, 0.6) is 0 Å². The van der Waals surface area contributed by atoms with Crippen LogP contribution < -0.4 is 5.32 Å². The highest BCUT2D eigenvalue weighted by Gasteiger charge is 2.14. The van der Waals surface area contributed by atoms with Crippen LogP contribution in [0, 0.1) is 12.7 Å². The summed E-state index contributed by atoms with van der Waals surface area (Å²) in [4.78, 5) is 1.28. The number of aryl methyl sites for hydroxylation is 1. The van der Waals surface area contributed by atoms with Crippen LogP contribution in [0.2, 0.25) is 0 Å². The number of halogens is 1. The standard InChI is InChI=1S/C17H20FNS/c1-12-10-14(18)9-8-13(12)11-16(19-2)15-6-4-5-7-17(15)20-3/h4-10,16,19H,11H2,1-3H3. The molecule has 0 fully saturated rings. The van der Waals surface area contributed by atoms with E-state index in [-0.39, 0.29) is 11.9 Å². The van der Waals surface area contributed by atoms with Gasteiger partial charge in [-0.1, -0.05) is 24.3 Å². The van der Waals surface area contributed by atoms with Gasteiger partial charge in [-0.25, -0.2) is 4.39 Å². The Kier molecular flexibility index (Phi) is 5.21. The van der Waals surface area contributed by atoms with Gasteiger partial charge in [0, 0.05) is 10.9 Å². The maximum Gasteiger partial charge on any atom is 0.123 e. The molecule has 2 aromatic rings. The average molecular weight is 289 g/mol. The number of hydrogen-bond acceptors (Lipinski definition) is 2. The maximum absolute atomic E-state index is 13.2. The molecule has 20 heavy (non-hydrogen) atoms. The second-order valence-corrected chi connectivity index (χ2v) is 5.71. The molecule has 1 N–H and O–H groups in total. The second kappa shape index (κ2) is 6.91. The Morgan fingerprint density at radius 2 is 1.95 bits per heavy atom. The Morgan fingerprint density at radius 3 is 2.60 bits per heavy atom. The normalized spacial score (nSPS) is 12.4. The third kappa shape index (κ3) is 3.41. The predicted molar refractivity (Wildman–Crippen MR) is 84.9 cm³/mol. The van der Waals surface area contributed by atoms with Crippen molar-refractivity contribution in [2.24, 2.45) is 0 Å². The van der Waals surface area contributed by atoms with E-state index in [1.165, 1.54) is 22.1 Å². The zero-order valence-electron chi connectivity index (χ0n) is 12.1. The first kappa shape index (κ1) is 15.1. The SMILES string of the molecule is CNC(Cc1ccc(F)cc1C)c1ccccc1SC. The van der Waals surface area contributed by atoms with Gasteiger partial charge in [0.2, 0.25) is 0 Å². The van der Waals surface area contributed by atoms with E-state index in [4.69, 9.17) is 0 Å². The molecule has 0 heterocycles. The Morgan fingerprint density at radius 1 is 1.20 bits per heavy atom. The Labute approximate surface area is 124 Å². The van der Waals surface area contributed by atoms with Crippen LogP contribution in [0.25, 0.3) is 0 Å². The molecule has 0 aliphatic carbocycles. The molecule has 1 atom stereocenters. The molecule has 0 saturated heterocycles. The van der Waals surface area contributed by atoms with Gasteiger partial charge in [0.15, 0.2) is 0 Å². The van der Waals surface area contributed by atoms with E-state index in [0.717, 1.165) is 12.0 Å². The number of hydrogen-bond donors (Lipinski definition) is 1. The highest BCUT2D eigenvalue weighted by atomic mass is 32.2. The number of benzene rings is 2. The molecule has 1 nitrogen and oxygen atoms in total. The lowest BCUT2D eigenvalue weighted by Gasteiger charge is -2.20. The van der Waals surface area contributed by atoms with Gasteiger partial charge in [-0.3, -0.25) is 0 Å². The smallest absolute Gasteiger partial charge is 0.123 e. The van der Waals surface area contributed by atoms with E-state index >= 15 is 0 Å². The molecule has 3 heteroatoms. The molecule has 0 bridgehead atoms. The number of rotatable bonds is 5. The summed E-state index contributed by atoms with van der Waals surface area (Å²) in [5.41, 5.74) is 3.49. The molecule has 2 aromatic carbocycles. The van der Waals surface area contributed by atoms with Crippen molar-refractivity contribution >= 4 is 11.8 Å². The fourth-order valence-corrected chi connectivity index (χ4v) is 3.09. The van der Waals surface area contributed by atoms with Gasteiger partial charge in [0.1, 0.15) is 5.82 Å². The van der Waals surface area contributed by atoms with Crippen molar-refractivity contribution in [3.05, 3.63) is 65.0 Å². The topological polar surface area (TPSA) is 12.0 Å². The van der Waals surface area contributed by atoms with Crippen molar-refractivity contribution in [2.45, 2.75) is 24.3 Å². The van der Waals surface area contributed by atoms with E-state index in [1.807, 2.05) is 20.0 Å². The average Bonchev–Trinajstić information content (AvgIpc) is 2.46. The lowest BCUT2D eigenvalue weighted by atomic mass is 9.96. The van der Waals surface area contributed by atoms with Gasteiger partial charge in [-0.2, -0.15) is 0 Å². The van der Waals surface area contributed by atoms with Gasteiger partial charge in [-0.15, -0.1) is 11.8 Å². The van der Waals surface area contributed by atoms with Gasteiger partial charge in [0.05, 0.1) is 0 Å². The number of thioether (sulfide) groups is 1. The van der Waals surface area contributed by atoms with E-state index in [0.29, 0.717) is 0 Å². The summed E-state index contributed by atoms with van der Waals surface area (Å²) >= 11 is 1.76. The largest absolute Gasteiger partial charge is 0.313 e. The zero-order valence-corrected chi connectivity index (χ0v) is 12.9. The first-order valence-electron chi connectivity index (χ1n) is 6.71. The fourth-order valence-electron chi connectivity index (χ4n) is 2.43. The summed E-state index contributed by atoms with van der Waals surface area (Å²) in [6.07, 6.45) is 2.95. The van der Waals surface area contributed by atoms with Crippen LogP contribution in [0.15, 0.2) is 47.4 Å². The third-order valence-electron chi connectivity index (χ3n) is 3.59. The minimum atomic E-state index is -0.170. The maximum atomic E-state index is 13.2. The van der Waals surface area contributed by atoms with Crippen molar-refractivity contribution in [1.29, 1.82) is 0 Å². The van der Waals surface area contributed by atoms with Crippen LogP contribution >= 0.6 is 11.8 Å². The Balaban J connectivity index is 2.29. The lowest BCUT2D eigenvalue weighted by molar-refractivity contribution is 0.578. The van der Waals surface area contributed by atoms with E-state index in [9.17, 15) is 4.39 Å². The Bertz CT molecular complexity index is 583. The molecule has 0 aromatic heterocycles. The fraction of sp³-hybridized carbons (Fsp3) is 0.294. The Hall–Kier alpha value is -1.32. The summed E-state index contributed by atoms with van der Waals surface area (Å²) in [6.45, 7) is 1.96. The van der Waals surface area contributed by atoms with Crippen molar-refractivity contribution in [2.75, 3.05) is 13.3 Å². The molecular formula is C17H20FNS. The van der Waals surface area contributed by atoms with E-state index in [1.54, 1.807) is 17.8 Å². The number of likely N-dealkylation sites (N-methyl/N-ethyl adjacent to an activating group) is 1. The van der Waals surface area contributed by atoms with E-state index in [2.05, 4.69) is 35.8 Å². The van der Waals surface area contributed by atoms with Crippen molar-refractivity contribution in [1.82, 2.24) is 5.32 Å². The second-order valence-electron chi connectivity index (χ2n) is 4.86. The summed E-state index contributed by atoms with van der Waals surface area (Å²) < 4.78 is 13.2. The van der Waals surface area contributed by atoms with Crippen LogP contribution in [-0.2, 0) is 6.42 Å². The van der Waals surface area contributed by atoms with Gasteiger partial charge in [0.25, 0.3) is 0 Å². The predicted octanol–water partition coefficient (Wildman–Crippen LogP) is 4.36. The monoisotopic (exact) mass is 289 g/mol. The summed E-state index contributed by atoms with van der Waals surface area (Å²) in [5.74, 6) is -0.170. The zero-order chi connectivity index (χ0) is 14.5. The summed E-state index contributed by atoms with van der Waals surface area (Å²) in [7, 11) is 1.97. The highest BCUT2D eigenvalue weighted by Crippen LogP contribution is 2.28. The van der Waals surface area contributed by atoms with Crippen molar-refractivity contribution in [3.63, 3.8) is 0 Å². The highest BCUT2D eigenvalue weighted by molar-refractivity contribution is 7.98. The minimum Gasteiger partial charge on any atom is -0.313 e. The molecule has 0 radical (unpaired) electrons. The minimum absolute atomic E-state index is 0.170. The molecule has 106 valence electrons. The number of nitrogens with one attached hydrogen (secondary N) is 1. The molecule has 2 rings (SSSR count). The molecule has 0 aliphatic rings. The lowest BCUT2D eigenvalue weighted by Crippen LogP contribution is -2.20. The first-order valence-corrected chi connectivity index (χ1v) is 7.93. The van der Waals surface area contributed by atoms with E-state index < -0.39 is 0 Å². The summed E-state index contributed by atoms with van der Waals surface area (Å²) in [6, 6.07) is 13.7. The van der Waals surface area contributed by atoms with Crippen molar-refractivity contribution < 1.29 is 4.39 Å². The van der Waals surface area contributed by atoms with Gasteiger partial charge >= 0.3 is 0 Å². The van der Waals surface area contributed by atoms with Crippen LogP contribution in [0.3, 0.4) is 0 Å². The molecule has 0 aliphatic heterocycles. The van der Waals surface area contributed by atoms with Gasteiger partial charge in [-0.05, 0) is 61.5 Å². The molecule has 0 spiro atoms. The molecule has 0 amide bonds. The van der Waals surface area contributed by atoms with Crippen LogP contribution in [0.4, 0.5) is 4.39 Å². The van der Waals surface area contributed by atoms with Crippen LogP contribution in [0.1, 0.15) is 22.7 Å². The molecular weight excluding hydrogens is 269 g/mol. The van der Waals surface area contributed by atoms with Crippen molar-refractivity contribution in [3.8, 4) is 0 Å².